The van der Waals surface area contributed by atoms with E-state index in [1.165, 1.54) is 11.3 Å². The molecule has 4 N–H and O–H groups in total. The first-order valence-electron chi connectivity index (χ1n) is 10.6. The molecule has 4 aromatic rings. The summed E-state index contributed by atoms with van der Waals surface area (Å²) in [4.78, 5) is 25.6. The monoisotopic (exact) mass is 498 g/mol. The number of thiazole rings is 1. The maximum Gasteiger partial charge on any atom is 0.231 e. The highest BCUT2D eigenvalue weighted by Crippen LogP contribution is 2.35. The minimum absolute atomic E-state index is 0.193. The summed E-state index contributed by atoms with van der Waals surface area (Å²) < 4.78 is 27.8. The Bertz CT molecular complexity index is 1330. The Morgan fingerprint density at radius 1 is 1.15 bits per heavy atom. The van der Waals surface area contributed by atoms with Crippen LogP contribution >= 0.6 is 11.3 Å². The molecule has 0 saturated carbocycles. The Morgan fingerprint density at radius 3 is 2.71 bits per heavy atom. The third-order valence-electron chi connectivity index (χ3n) is 5.29. The highest BCUT2D eigenvalue weighted by Gasteiger charge is 2.22. The predicted octanol–water partition coefficient (Wildman–Crippen LogP) is 1.90. The highest BCUT2D eigenvalue weighted by atomic mass is 32.2. The number of nitrogens with one attached hydrogen (secondary N) is 1. The summed E-state index contributed by atoms with van der Waals surface area (Å²) in [6.45, 7) is 3.07. The van der Waals surface area contributed by atoms with Crippen molar-refractivity contribution in [1.29, 1.82) is 0 Å². The van der Waals surface area contributed by atoms with Crippen LogP contribution in [0.25, 0.3) is 32.3 Å². The third kappa shape index (κ3) is 5.03. The molecule has 13 heteroatoms. The smallest absolute Gasteiger partial charge is 0.231 e. The van der Waals surface area contributed by atoms with Crippen molar-refractivity contribution in [3.63, 3.8) is 0 Å². The number of hydrogen-bond acceptors (Lipinski definition) is 10. The maximum atomic E-state index is 10.8. The molecule has 0 aliphatic carbocycles. The van der Waals surface area contributed by atoms with Crippen LogP contribution in [-0.2, 0) is 22.4 Å². The van der Waals surface area contributed by atoms with Crippen molar-refractivity contribution >= 4 is 44.7 Å². The summed E-state index contributed by atoms with van der Waals surface area (Å²) >= 11 is -0.533. The Balaban J connectivity index is 1.55. The molecule has 5 rings (SSSR count). The topological polar surface area (TPSA) is 152 Å². The fraction of sp³-hybridized carbons (Fsp3) is 0.286. The molecule has 1 atom stereocenters. The van der Waals surface area contributed by atoms with E-state index in [4.69, 9.17) is 30.0 Å². The van der Waals surface area contributed by atoms with Crippen LogP contribution in [0.15, 0.2) is 36.7 Å². The van der Waals surface area contributed by atoms with Gasteiger partial charge < -0.3 is 15.4 Å². The lowest BCUT2D eigenvalue weighted by Gasteiger charge is -2.28. The minimum Gasteiger partial charge on any atom is -0.378 e. The van der Waals surface area contributed by atoms with Crippen LogP contribution in [0.2, 0.25) is 0 Å². The van der Waals surface area contributed by atoms with E-state index in [0.717, 1.165) is 32.3 Å². The van der Waals surface area contributed by atoms with Gasteiger partial charge in [-0.25, -0.2) is 33.9 Å². The number of ether oxygens (including phenoxy) is 1. The third-order valence-corrected chi connectivity index (χ3v) is 6.74. The summed E-state index contributed by atoms with van der Waals surface area (Å²) in [6.07, 6.45) is 3.85. The number of hydrogen-bond donors (Lipinski definition) is 3. The molecular weight excluding hydrogens is 476 g/mol. The van der Waals surface area contributed by atoms with Crippen molar-refractivity contribution in [2.24, 2.45) is 0 Å². The quantitative estimate of drug-likeness (QED) is 0.322. The Morgan fingerprint density at radius 2 is 1.94 bits per heavy atom. The van der Waals surface area contributed by atoms with Crippen molar-refractivity contribution in [2.75, 3.05) is 43.5 Å². The van der Waals surface area contributed by atoms with E-state index < -0.39 is 11.3 Å². The first kappa shape index (κ1) is 22.7. The zero-order valence-corrected chi connectivity index (χ0v) is 19.7. The van der Waals surface area contributed by atoms with E-state index in [0.29, 0.717) is 50.7 Å². The minimum atomic E-state index is -2.02. The van der Waals surface area contributed by atoms with Gasteiger partial charge in [-0.1, -0.05) is 29.5 Å². The van der Waals surface area contributed by atoms with Crippen molar-refractivity contribution < 1.29 is 13.5 Å². The molecule has 1 unspecified atom stereocenters. The van der Waals surface area contributed by atoms with Gasteiger partial charge in [-0.15, -0.1) is 0 Å². The molecule has 1 fully saturated rings. The van der Waals surface area contributed by atoms with Crippen molar-refractivity contribution in [2.45, 2.75) is 6.42 Å². The van der Waals surface area contributed by atoms with Crippen LogP contribution in [-0.4, -0.2) is 66.5 Å². The van der Waals surface area contributed by atoms with Crippen molar-refractivity contribution in [3.8, 4) is 22.0 Å². The predicted molar refractivity (Wildman–Crippen MR) is 132 cm³/mol. The fourth-order valence-corrected chi connectivity index (χ4v) is 4.86. The number of anilines is 2. The zero-order valence-electron chi connectivity index (χ0n) is 18.0. The summed E-state index contributed by atoms with van der Waals surface area (Å²) in [5, 5.41) is 0.824. The lowest BCUT2D eigenvalue weighted by Crippen LogP contribution is -2.37. The second kappa shape index (κ2) is 10.0. The number of nitrogen functional groups attached to an aromatic ring is 1. The second-order valence-corrected chi connectivity index (χ2v) is 9.33. The molecule has 11 nitrogen and oxygen atoms in total. The number of nitrogens with two attached hydrogens (primary N) is 1. The van der Waals surface area contributed by atoms with Gasteiger partial charge in [0, 0.05) is 37.6 Å². The van der Waals surface area contributed by atoms with E-state index in [-0.39, 0.29) is 5.95 Å². The molecule has 0 amide bonds. The van der Waals surface area contributed by atoms with E-state index in [1.807, 2.05) is 24.3 Å². The average molecular weight is 499 g/mol. The summed E-state index contributed by atoms with van der Waals surface area (Å²) in [6, 6.07) is 7.97. The first-order valence-corrected chi connectivity index (χ1v) is 12.5. The number of benzene rings is 1. The number of morpholine rings is 1. The Labute approximate surface area is 201 Å². The van der Waals surface area contributed by atoms with Gasteiger partial charge in [0.2, 0.25) is 17.2 Å². The van der Waals surface area contributed by atoms with Crippen LogP contribution in [0, 0.1) is 0 Å². The van der Waals surface area contributed by atoms with Crippen molar-refractivity contribution in [1.82, 2.24) is 29.6 Å². The molecule has 34 heavy (non-hydrogen) atoms. The van der Waals surface area contributed by atoms with Gasteiger partial charge in [-0.05, 0) is 18.1 Å². The van der Waals surface area contributed by atoms with Crippen LogP contribution in [0.3, 0.4) is 0 Å². The van der Waals surface area contributed by atoms with Gasteiger partial charge in [-0.3, -0.25) is 4.55 Å². The maximum absolute atomic E-state index is 10.8. The summed E-state index contributed by atoms with van der Waals surface area (Å²) in [7, 11) is 0. The molecule has 4 heterocycles. The largest absolute Gasteiger partial charge is 0.378 e. The van der Waals surface area contributed by atoms with Gasteiger partial charge in [-0.2, -0.15) is 0 Å². The first-order chi connectivity index (χ1) is 16.6. The zero-order chi connectivity index (χ0) is 23.5. The lowest BCUT2D eigenvalue weighted by atomic mass is 10.1. The molecule has 0 bridgehead atoms. The normalized spacial score (nSPS) is 15.0. The number of fused-ring (bicyclic) bond motifs is 1. The van der Waals surface area contributed by atoms with Crippen LogP contribution in [0.5, 0.6) is 0 Å². The van der Waals surface area contributed by atoms with E-state index in [9.17, 15) is 4.21 Å². The van der Waals surface area contributed by atoms with Gasteiger partial charge in [0.05, 0.1) is 18.8 Å². The Kier molecular flexibility index (Phi) is 6.69. The van der Waals surface area contributed by atoms with E-state index >= 15 is 0 Å². The SMILES string of the molecule is Nc1ncc(-c2nc(N3CCOCC3)c3nc(-c4cccc(CCNS(=O)O)c4)sc3n2)cn1. The molecule has 1 aliphatic heterocycles. The molecule has 1 saturated heterocycles. The average Bonchev–Trinajstić information content (AvgIpc) is 3.29. The van der Waals surface area contributed by atoms with Crippen molar-refractivity contribution in [3.05, 3.63) is 42.2 Å². The summed E-state index contributed by atoms with van der Waals surface area (Å²) in [5.41, 5.74) is 9.05. The van der Waals surface area contributed by atoms with Gasteiger partial charge in [0.1, 0.15) is 15.4 Å². The molecule has 3 aromatic heterocycles. The molecule has 1 aliphatic rings. The molecular formula is C21H22N8O3S2. The number of rotatable bonds is 7. The van der Waals surface area contributed by atoms with Gasteiger partial charge >= 0.3 is 0 Å². The molecule has 176 valence electrons. The number of nitrogens with zero attached hydrogens (tertiary/aromatic N) is 6. The second-order valence-electron chi connectivity index (χ2n) is 7.57. The van der Waals surface area contributed by atoms with Gasteiger partial charge in [0.15, 0.2) is 11.6 Å². The summed E-state index contributed by atoms with van der Waals surface area (Å²) in [5.74, 6) is 1.47. The fourth-order valence-electron chi connectivity index (χ4n) is 3.65. The lowest BCUT2D eigenvalue weighted by molar-refractivity contribution is 0.122. The Hall–Kier alpha value is -3.10. The highest BCUT2D eigenvalue weighted by molar-refractivity contribution is 7.77. The number of aromatic nitrogens is 5. The van der Waals surface area contributed by atoms with E-state index in [2.05, 4.69) is 19.6 Å². The molecule has 0 spiro atoms. The van der Waals surface area contributed by atoms with Gasteiger partial charge in [0.25, 0.3) is 0 Å². The van der Waals surface area contributed by atoms with E-state index in [1.54, 1.807) is 12.4 Å². The standard InChI is InChI=1S/C21H22N8O3S2/c22-21-23-11-15(12-24-21)17-27-18(29-6-8-32-9-7-29)16-20(28-17)33-19(26-16)14-3-1-2-13(10-14)4-5-25-34(30)31/h1-3,10-12,25H,4-9H2,(H,30,31)(H2,22,23,24). The molecule has 0 radical (unpaired) electrons. The van der Waals surface area contributed by atoms with Crippen LogP contribution in [0.1, 0.15) is 5.56 Å². The van der Waals surface area contributed by atoms with Crippen LogP contribution < -0.4 is 15.4 Å². The van der Waals surface area contributed by atoms with Crippen LogP contribution in [0.4, 0.5) is 11.8 Å². The molecule has 1 aromatic carbocycles.